The average molecular weight is 599 g/mol. The van der Waals surface area contributed by atoms with Crippen LogP contribution in [0.2, 0.25) is 6.04 Å². The number of hydrogen-bond donors (Lipinski definition) is 0. The number of fused-ring (bicyclic) bond motifs is 3. The summed E-state index contributed by atoms with van der Waals surface area (Å²) in [5, 5.41) is 5.75. The van der Waals surface area contributed by atoms with Gasteiger partial charge in [-0.2, -0.15) is 0 Å². The molecule has 228 valence electrons. The van der Waals surface area contributed by atoms with Gasteiger partial charge in [-0.3, -0.25) is 0 Å². The molecular formula is C42H50OSi. The molecule has 0 amide bonds. The Hall–Kier alpha value is -3.36. The molecule has 2 unspecified atom stereocenters. The van der Waals surface area contributed by atoms with Crippen LogP contribution in [0, 0.1) is 23.7 Å². The number of hydrogen-bond acceptors (Lipinski definition) is 1. The van der Waals surface area contributed by atoms with Crippen molar-refractivity contribution < 1.29 is 4.74 Å². The molecule has 0 radical (unpaired) electrons. The quantitative estimate of drug-likeness (QED) is 0.202. The highest BCUT2D eigenvalue weighted by molar-refractivity contribution is 6.86. The van der Waals surface area contributed by atoms with Gasteiger partial charge in [0.15, 0.2) is 0 Å². The molecular weight excluding hydrogens is 549 g/mol. The van der Waals surface area contributed by atoms with E-state index in [-0.39, 0.29) is 16.2 Å². The van der Waals surface area contributed by atoms with Crippen molar-refractivity contribution in [3.63, 3.8) is 0 Å². The fourth-order valence-corrected chi connectivity index (χ4v) is 11.7. The molecule has 44 heavy (non-hydrogen) atoms. The SMILES string of the molecule is C=CCOc1c([SiH](CC2C3=CC(C)(C)CCC3=C3C2=c2ccccc2=CC3(C)C)c2ccccc2)cc(C)cc1C(C)(C)C. The van der Waals surface area contributed by atoms with E-state index in [4.69, 9.17) is 4.74 Å². The topological polar surface area (TPSA) is 9.23 Å². The molecule has 0 saturated heterocycles. The Kier molecular flexibility index (Phi) is 7.81. The summed E-state index contributed by atoms with van der Waals surface area (Å²) in [6.07, 6.45) is 9.45. The molecule has 0 aromatic heterocycles. The second-order valence-electron chi connectivity index (χ2n) is 15.6. The maximum atomic E-state index is 6.68. The molecule has 1 nitrogen and oxygen atoms in total. The maximum absolute atomic E-state index is 6.68. The molecule has 0 spiro atoms. The molecule has 0 bridgehead atoms. The van der Waals surface area contributed by atoms with E-state index in [1.165, 1.54) is 38.4 Å². The van der Waals surface area contributed by atoms with E-state index in [9.17, 15) is 0 Å². The Labute approximate surface area is 267 Å². The van der Waals surface area contributed by atoms with Crippen molar-refractivity contribution in [2.75, 3.05) is 6.61 Å². The van der Waals surface area contributed by atoms with Crippen LogP contribution in [0.3, 0.4) is 0 Å². The van der Waals surface area contributed by atoms with Gasteiger partial charge >= 0.3 is 0 Å². The highest BCUT2D eigenvalue weighted by Gasteiger charge is 2.45. The van der Waals surface area contributed by atoms with Crippen LogP contribution >= 0.6 is 0 Å². The van der Waals surface area contributed by atoms with Crippen LogP contribution in [0.1, 0.15) is 72.4 Å². The van der Waals surface area contributed by atoms with Gasteiger partial charge in [0.1, 0.15) is 21.2 Å². The monoisotopic (exact) mass is 598 g/mol. The second-order valence-corrected chi connectivity index (χ2v) is 18.5. The molecule has 3 aliphatic carbocycles. The van der Waals surface area contributed by atoms with Crippen molar-refractivity contribution in [1.29, 1.82) is 0 Å². The Morgan fingerprint density at radius 3 is 2.36 bits per heavy atom. The highest BCUT2D eigenvalue weighted by Crippen LogP contribution is 2.56. The van der Waals surface area contributed by atoms with Gasteiger partial charge in [0.2, 0.25) is 0 Å². The van der Waals surface area contributed by atoms with Gasteiger partial charge in [-0.15, -0.1) is 0 Å². The third-order valence-electron chi connectivity index (χ3n) is 10.1. The van der Waals surface area contributed by atoms with Gasteiger partial charge < -0.3 is 4.74 Å². The first-order valence-electron chi connectivity index (χ1n) is 16.5. The Balaban J connectivity index is 1.63. The zero-order valence-electron chi connectivity index (χ0n) is 28.2. The van der Waals surface area contributed by atoms with Gasteiger partial charge in [-0.05, 0) is 80.1 Å². The average Bonchev–Trinajstić information content (AvgIpc) is 3.28. The Morgan fingerprint density at radius 1 is 0.955 bits per heavy atom. The van der Waals surface area contributed by atoms with Crippen LogP contribution in [0.25, 0.3) is 11.6 Å². The van der Waals surface area contributed by atoms with Crippen molar-refractivity contribution in [3.05, 3.63) is 124 Å². The second kappa shape index (κ2) is 11.2. The lowest BCUT2D eigenvalue weighted by atomic mass is 9.73. The first kappa shape index (κ1) is 30.7. The van der Waals surface area contributed by atoms with Crippen LogP contribution < -0.4 is 25.5 Å². The first-order valence-corrected chi connectivity index (χ1v) is 18.5. The predicted octanol–water partition coefficient (Wildman–Crippen LogP) is 7.54. The third kappa shape index (κ3) is 5.51. The smallest absolute Gasteiger partial charge is 0.122 e. The van der Waals surface area contributed by atoms with Crippen LogP contribution in [-0.4, -0.2) is 15.4 Å². The number of benzene rings is 3. The van der Waals surface area contributed by atoms with Crippen molar-refractivity contribution in [2.45, 2.75) is 79.7 Å². The molecule has 2 atom stereocenters. The molecule has 0 fully saturated rings. The third-order valence-corrected chi connectivity index (χ3v) is 13.4. The van der Waals surface area contributed by atoms with Gasteiger partial charge in [0, 0.05) is 11.3 Å². The summed E-state index contributed by atoms with van der Waals surface area (Å²) in [6, 6.07) is 26.5. The summed E-state index contributed by atoms with van der Waals surface area (Å²) in [7, 11) is -1.80. The summed E-state index contributed by atoms with van der Waals surface area (Å²) in [4.78, 5) is 0. The summed E-state index contributed by atoms with van der Waals surface area (Å²) >= 11 is 0. The van der Waals surface area contributed by atoms with Gasteiger partial charge in [-0.1, -0.05) is 151 Å². The highest BCUT2D eigenvalue weighted by atomic mass is 28.3. The van der Waals surface area contributed by atoms with E-state index < -0.39 is 8.80 Å². The van der Waals surface area contributed by atoms with E-state index in [2.05, 4.69) is 141 Å². The molecule has 3 aliphatic rings. The zero-order valence-corrected chi connectivity index (χ0v) is 29.3. The molecule has 0 heterocycles. The summed E-state index contributed by atoms with van der Waals surface area (Å²) in [5.41, 5.74) is 9.22. The lowest BCUT2D eigenvalue weighted by molar-refractivity contribution is 0.354. The van der Waals surface area contributed by atoms with Crippen molar-refractivity contribution >= 4 is 30.8 Å². The van der Waals surface area contributed by atoms with Gasteiger partial charge in [0.05, 0.1) is 0 Å². The largest absolute Gasteiger partial charge is 0.489 e. The van der Waals surface area contributed by atoms with Crippen molar-refractivity contribution in [2.24, 2.45) is 16.7 Å². The summed E-state index contributed by atoms with van der Waals surface area (Å²) < 4.78 is 6.68. The number of ether oxygens (including phenoxy) is 1. The van der Waals surface area contributed by atoms with Gasteiger partial charge in [-0.25, -0.2) is 0 Å². The normalized spacial score (nSPS) is 20.6. The number of rotatable bonds is 7. The molecule has 0 N–H and O–H groups in total. The molecule has 0 saturated carbocycles. The number of allylic oxidation sites excluding steroid dienone is 4. The molecule has 3 aromatic carbocycles. The molecule has 6 rings (SSSR count). The Morgan fingerprint density at radius 2 is 1.66 bits per heavy atom. The van der Waals surface area contributed by atoms with Crippen LogP contribution in [0.15, 0.2) is 102 Å². The zero-order chi connectivity index (χ0) is 31.4. The fraction of sp³-hybridized carbons (Fsp3) is 0.381. The van der Waals surface area contributed by atoms with Gasteiger partial charge in [0.25, 0.3) is 0 Å². The van der Waals surface area contributed by atoms with Crippen molar-refractivity contribution in [1.82, 2.24) is 0 Å². The van der Waals surface area contributed by atoms with E-state index in [0.29, 0.717) is 12.5 Å². The van der Waals surface area contributed by atoms with Crippen LogP contribution in [0.5, 0.6) is 5.75 Å². The van der Waals surface area contributed by atoms with E-state index in [1.54, 1.807) is 22.3 Å². The lowest BCUT2D eigenvalue weighted by Crippen LogP contribution is -2.46. The van der Waals surface area contributed by atoms with E-state index >= 15 is 0 Å². The molecule has 3 aromatic rings. The minimum atomic E-state index is -1.80. The summed E-state index contributed by atoms with van der Waals surface area (Å²) in [6.45, 7) is 23.5. The van der Waals surface area contributed by atoms with Crippen molar-refractivity contribution in [3.8, 4) is 5.75 Å². The minimum absolute atomic E-state index is 0.000880. The Bertz CT molecular complexity index is 1790. The predicted molar refractivity (Wildman–Crippen MR) is 192 cm³/mol. The van der Waals surface area contributed by atoms with Crippen LogP contribution in [0.4, 0.5) is 0 Å². The number of aryl methyl sites for hydroxylation is 1. The standard InChI is InChI=1S/C42H50OSi/c1-10-22-43-39-35(40(3,4)5)23-28(2)24-36(39)44(30-17-12-11-13-18-30)27-34-33-26-41(6,7)21-20-32(33)38-37(34)31-19-15-14-16-29(31)25-42(38,8)9/h10-19,23-26,34,44H,1,20-22,27H2,2-9H3. The maximum Gasteiger partial charge on any atom is 0.122 e. The van der Waals surface area contributed by atoms with E-state index in [0.717, 1.165) is 18.2 Å². The lowest BCUT2D eigenvalue weighted by Gasteiger charge is -2.33. The van der Waals surface area contributed by atoms with Crippen LogP contribution in [-0.2, 0) is 5.41 Å². The first-order chi connectivity index (χ1) is 20.8. The summed E-state index contributed by atoms with van der Waals surface area (Å²) in [5.74, 6) is 1.46. The fourth-order valence-electron chi connectivity index (χ4n) is 8.16. The molecule has 0 aliphatic heterocycles. The van der Waals surface area contributed by atoms with E-state index in [1.807, 2.05) is 6.08 Å². The minimum Gasteiger partial charge on any atom is -0.489 e. The molecule has 2 heteroatoms.